The highest BCUT2D eigenvalue weighted by atomic mass is 16.5. The Morgan fingerprint density at radius 3 is 2.55 bits per heavy atom. The third-order valence-electron chi connectivity index (χ3n) is 3.63. The SMILES string of the molecule is CCCCC1CC1OCC(=O)NC(C(=O)O)C(C)(C)C. The van der Waals surface area contributed by atoms with Crippen molar-refractivity contribution in [3.63, 3.8) is 0 Å². The molecule has 0 aromatic rings. The fourth-order valence-corrected chi connectivity index (χ4v) is 2.23. The second-order valence-electron chi connectivity index (χ2n) is 6.69. The number of aliphatic carboxylic acids is 1. The quantitative estimate of drug-likeness (QED) is 0.717. The second kappa shape index (κ2) is 7.07. The van der Waals surface area contributed by atoms with Crippen LogP contribution in [0.4, 0.5) is 0 Å². The summed E-state index contributed by atoms with van der Waals surface area (Å²) in [6.07, 6.45) is 4.74. The van der Waals surface area contributed by atoms with E-state index in [1.165, 1.54) is 12.8 Å². The molecule has 3 unspecified atom stereocenters. The summed E-state index contributed by atoms with van der Waals surface area (Å²) in [4.78, 5) is 22.9. The number of rotatable bonds is 8. The van der Waals surface area contributed by atoms with Crippen molar-refractivity contribution in [2.45, 2.75) is 65.5 Å². The molecular formula is C15H27NO4. The maximum absolute atomic E-state index is 11.8. The van der Waals surface area contributed by atoms with E-state index in [9.17, 15) is 9.59 Å². The number of carbonyl (C=O) groups is 2. The molecule has 1 amide bonds. The Bertz CT molecular complexity index is 348. The summed E-state index contributed by atoms with van der Waals surface area (Å²) in [5.74, 6) is -0.785. The molecule has 0 radical (unpaired) electrons. The van der Waals surface area contributed by atoms with Crippen LogP contribution < -0.4 is 5.32 Å². The molecule has 1 aliphatic carbocycles. The van der Waals surface area contributed by atoms with Gasteiger partial charge in [0.2, 0.25) is 5.91 Å². The summed E-state index contributed by atoms with van der Waals surface area (Å²) in [5.41, 5.74) is -0.523. The number of carbonyl (C=O) groups excluding carboxylic acids is 1. The van der Waals surface area contributed by atoms with E-state index in [-0.39, 0.29) is 18.6 Å². The van der Waals surface area contributed by atoms with Crippen LogP contribution in [0, 0.1) is 11.3 Å². The van der Waals surface area contributed by atoms with Crippen molar-refractivity contribution in [2.75, 3.05) is 6.61 Å². The van der Waals surface area contributed by atoms with Gasteiger partial charge in [0.05, 0.1) is 6.10 Å². The smallest absolute Gasteiger partial charge is 0.326 e. The number of unbranched alkanes of at least 4 members (excludes halogenated alkanes) is 1. The van der Waals surface area contributed by atoms with E-state index < -0.39 is 17.4 Å². The third-order valence-corrected chi connectivity index (χ3v) is 3.63. The predicted molar refractivity (Wildman–Crippen MR) is 76.4 cm³/mol. The first-order chi connectivity index (χ1) is 9.25. The van der Waals surface area contributed by atoms with Crippen molar-refractivity contribution in [1.29, 1.82) is 0 Å². The third kappa shape index (κ3) is 5.49. The van der Waals surface area contributed by atoms with Gasteiger partial charge in [0.25, 0.3) is 0 Å². The van der Waals surface area contributed by atoms with Crippen LogP contribution in [-0.2, 0) is 14.3 Å². The van der Waals surface area contributed by atoms with Crippen LogP contribution in [-0.4, -0.2) is 35.7 Å². The largest absolute Gasteiger partial charge is 0.480 e. The molecular weight excluding hydrogens is 258 g/mol. The highest BCUT2D eigenvalue weighted by Gasteiger charge is 2.38. The number of amides is 1. The Balaban J connectivity index is 2.28. The molecule has 1 aliphatic rings. The average molecular weight is 285 g/mol. The minimum atomic E-state index is -1.02. The predicted octanol–water partition coefficient (Wildman–Crippen LogP) is 2.20. The van der Waals surface area contributed by atoms with E-state index >= 15 is 0 Å². The number of hydrogen-bond acceptors (Lipinski definition) is 3. The van der Waals surface area contributed by atoms with Crippen LogP contribution in [0.15, 0.2) is 0 Å². The summed E-state index contributed by atoms with van der Waals surface area (Å²) in [6, 6.07) is -0.895. The monoisotopic (exact) mass is 285 g/mol. The lowest BCUT2D eigenvalue weighted by atomic mass is 9.87. The van der Waals surface area contributed by atoms with Gasteiger partial charge < -0.3 is 15.2 Å². The molecule has 0 aromatic heterocycles. The van der Waals surface area contributed by atoms with Gasteiger partial charge in [-0.25, -0.2) is 4.79 Å². The van der Waals surface area contributed by atoms with Crippen LogP contribution in [0.2, 0.25) is 0 Å². The van der Waals surface area contributed by atoms with Gasteiger partial charge >= 0.3 is 5.97 Å². The summed E-state index contributed by atoms with van der Waals surface area (Å²) in [6.45, 7) is 7.47. The zero-order chi connectivity index (χ0) is 15.3. The van der Waals surface area contributed by atoms with Crippen LogP contribution in [0.3, 0.4) is 0 Å². The van der Waals surface area contributed by atoms with Gasteiger partial charge in [0.15, 0.2) is 0 Å². The molecule has 0 bridgehead atoms. The van der Waals surface area contributed by atoms with Crippen molar-refractivity contribution in [2.24, 2.45) is 11.3 Å². The normalized spacial score (nSPS) is 23.2. The number of ether oxygens (including phenoxy) is 1. The van der Waals surface area contributed by atoms with Crippen LogP contribution in [0.5, 0.6) is 0 Å². The molecule has 1 fully saturated rings. The van der Waals surface area contributed by atoms with Gasteiger partial charge in [-0.3, -0.25) is 4.79 Å². The van der Waals surface area contributed by atoms with E-state index in [2.05, 4.69) is 12.2 Å². The Morgan fingerprint density at radius 1 is 1.40 bits per heavy atom. The Hall–Kier alpha value is -1.10. The lowest BCUT2D eigenvalue weighted by molar-refractivity contribution is -0.145. The zero-order valence-electron chi connectivity index (χ0n) is 12.9. The minimum absolute atomic E-state index is 0.0485. The van der Waals surface area contributed by atoms with Gasteiger partial charge in [0, 0.05) is 0 Å². The lowest BCUT2D eigenvalue weighted by Crippen LogP contribution is -2.50. The van der Waals surface area contributed by atoms with E-state index in [0.717, 1.165) is 12.8 Å². The summed E-state index contributed by atoms with van der Waals surface area (Å²) in [7, 11) is 0. The summed E-state index contributed by atoms with van der Waals surface area (Å²) < 4.78 is 5.51. The number of carboxylic acid groups (broad SMARTS) is 1. The Kier molecular flexibility index (Phi) is 5.99. The molecule has 5 nitrogen and oxygen atoms in total. The summed E-state index contributed by atoms with van der Waals surface area (Å²) >= 11 is 0. The first kappa shape index (κ1) is 17.0. The highest BCUT2D eigenvalue weighted by Crippen LogP contribution is 2.37. The van der Waals surface area contributed by atoms with E-state index in [4.69, 9.17) is 9.84 Å². The molecule has 0 saturated heterocycles. The maximum Gasteiger partial charge on any atom is 0.326 e. The van der Waals surface area contributed by atoms with Gasteiger partial charge in [-0.05, 0) is 24.2 Å². The molecule has 5 heteroatoms. The first-order valence-electron chi connectivity index (χ1n) is 7.39. The Labute approximate surface area is 121 Å². The van der Waals surface area contributed by atoms with Crippen molar-refractivity contribution >= 4 is 11.9 Å². The molecule has 0 spiro atoms. The fraction of sp³-hybridized carbons (Fsp3) is 0.867. The van der Waals surface area contributed by atoms with Crippen molar-refractivity contribution in [3.8, 4) is 0 Å². The van der Waals surface area contributed by atoms with Gasteiger partial charge in [0.1, 0.15) is 12.6 Å². The zero-order valence-corrected chi connectivity index (χ0v) is 12.9. The average Bonchev–Trinajstić information content (AvgIpc) is 3.07. The maximum atomic E-state index is 11.8. The fourth-order valence-electron chi connectivity index (χ4n) is 2.23. The van der Waals surface area contributed by atoms with Crippen molar-refractivity contribution in [3.05, 3.63) is 0 Å². The highest BCUT2D eigenvalue weighted by molar-refractivity contribution is 5.84. The second-order valence-corrected chi connectivity index (χ2v) is 6.69. The summed E-state index contributed by atoms with van der Waals surface area (Å²) in [5, 5.41) is 11.7. The molecule has 1 saturated carbocycles. The molecule has 3 atom stereocenters. The van der Waals surface area contributed by atoms with Crippen LogP contribution >= 0.6 is 0 Å². The molecule has 1 rings (SSSR count). The molecule has 0 aromatic carbocycles. The standard InChI is InChI=1S/C15H27NO4/c1-5-6-7-10-8-11(10)20-9-12(17)16-13(14(18)19)15(2,3)4/h10-11,13H,5-9H2,1-4H3,(H,16,17)(H,18,19). The minimum Gasteiger partial charge on any atom is -0.480 e. The molecule has 0 heterocycles. The molecule has 0 aliphatic heterocycles. The first-order valence-corrected chi connectivity index (χ1v) is 7.39. The van der Waals surface area contributed by atoms with Crippen LogP contribution in [0.25, 0.3) is 0 Å². The molecule has 116 valence electrons. The Morgan fingerprint density at radius 2 is 2.05 bits per heavy atom. The van der Waals surface area contributed by atoms with Gasteiger partial charge in [-0.2, -0.15) is 0 Å². The van der Waals surface area contributed by atoms with Gasteiger partial charge in [-0.1, -0.05) is 40.5 Å². The van der Waals surface area contributed by atoms with Crippen molar-refractivity contribution in [1.82, 2.24) is 5.32 Å². The number of hydrogen-bond donors (Lipinski definition) is 2. The van der Waals surface area contributed by atoms with E-state index in [1.54, 1.807) is 20.8 Å². The van der Waals surface area contributed by atoms with Crippen LogP contribution in [0.1, 0.15) is 53.4 Å². The van der Waals surface area contributed by atoms with Gasteiger partial charge in [-0.15, -0.1) is 0 Å². The van der Waals surface area contributed by atoms with Crippen molar-refractivity contribution < 1.29 is 19.4 Å². The number of nitrogens with one attached hydrogen (secondary N) is 1. The van der Waals surface area contributed by atoms with E-state index in [1.807, 2.05) is 0 Å². The molecule has 20 heavy (non-hydrogen) atoms. The number of carboxylic acids is 1. The topological polar surface area (TPSA) is 75.6 Å². The lowest BCUT2D eigenvalue weighted by Gasteiger charge is -2.27. The molecule has 2 N–H and O–H groups in total. The van der Waals surface area contributed by atoms with E-state index in [0.29, 0.717) is 5.92 Å².